The summed E-state index contributed by atoms with van der Waals surface area (Å²) in [6.07, 6.45) is 1.59. The average Bonchev–Trinajstić information content (AvgIpc) is 3.38. The molecule has 0 fully saturated rings. The molecule has 4 atom stereocenters. The molecular weight excluding hydrogens is 635 g/mol. The zero-order valence-electron chi connectivity index (χ0n) is 28.9. The summed E-state index contributed by atoms with van der Waals surface area (Å²) in [6, 6.07) is 8.87. The third-order valence-electron chi connectivity index (χ3n) is 8.48. The highest BCUT2D eigenvalue weighted by atomic mass is 19.1. The van der Waals surface area contributed by atoms with Crippen molar-refractivity contribution in [3.8, 4) is 5.75 Å². The number of aliphatic hydroxyl groups is 1. The summed E-state index contributed by atoms with van der Waals surface area (Å²) in [4.78, 5) is 43.3. The van der Waals surface area contributed by atoms with Crippen molar-refractivity contribution in [1.82, 2.24) is 15.0 Å². The van der Waals surface area contributed by atoms with Gasteiger partial charge in [-0.15, -0.1) is 0 Å². The number of amides is 5. The Balaban J connectivity index is 1.58. The van der Waals surface area contributed by atoms with E-state index in [-0.39, 0.29) is 37.3 Å². The van der Waals surface area contributed by atoms with Crippen molar-refractivity contribution in [3.05, 3.63) is 65.3 Å². The molecule has 0 radical (unpaired) electrons. The molecule has 0 aliphatic carbocycles. The lowest BCUT2D eigenvalue weighted by atomic mass is 10.0. The number of anilines is 3. The normalized spacial score (nSPS) is 19.6. The maximum absolute atomic E-state index is 14.4. The van der Waals surface area contributed by atoms with Crippen LogP contribution >= 0.6 is 0 Å². The quantitative estimate of drug-likeness (QED) is 0.235. The number of halogens is 1. The average molecular weight is 683 g/mol. The molecule has 3 aromatic rings. The maximum atomic E-state index is 14.4. The number of carbonyl (C=O) groups is 3. The highest BCUT2D eigenvalue weighted by Crippen LogP contribution is 2.29. The number of carbonyl (C=O) groups excluding carboxylic acids is 3. The van der Waals surface area contributed by atoms with E-state index in [1.807, 2.05) is 13.8 Å². The summed E-state index contributed by atoms with van der Waals surface area (Å²) in [6.45, 7) is 9.56. The van der Waals surface area contributed by atoms with Gasteiger partial charge in [-0.3, -0.25) is 4.79 Å². The number of rotatable bonds is 7. The molecule has 2 aromatic carbocycles. The molecule has 0 saturated heterocycles. The predicted molar refractivity (Wildman–Crippen MR) is 184 cm³/mol. The Bertz CT molecular complexity index is 1560. The first-order valence-electron chi connectivity index (χ1n) is 16.5. The number of benzene rings is 2. The van der Waals surface area contributed by atoms with Crippen LogP contribution in [0.2, 0.25) is 0 Å². The standard InChI is InChI=1S/C35H47FN6O7/c1-21-18-42(22(2)20-43)33(44)29-17-28(37-34(45)39-32-24(4)40-49-25(32)5)14-15-30(29)48-23(3)9-7-8-16-47-31(21)19-41(6)35(46)38-27-12-10-26(36)11-13-27/h10-15,17,21-23,31,43H,7-9,16,18-20H2,1-6H3,(H,38,46)(H2,37,39,45)/t21-,22-,23+,31+/m0/s1. The summed E-state index contributed by atoms with van der Waals surface area (Å²) in [5.41, 5.74) is 2.01. The molecule has 49 heavy (non-hydrogen) atoms. The van der Waals surface area contributed by atoms with E-state index in [1.165, 1.54) is 29.2 Å². The van der Waals surface area contributed by atoms with Gasteiger partial charge in [-0.2, -0.15) is 0 Å². The molecule has 266 valence electrons. The fraction of sp³-hybridized carbons (Fsp3) is 0.486. The van der Waals surface area contributed by atoms with Crippen molar-refractivity contribution in [1.29, 1.82) is 0 Å². The molecule has 0 unspecified atom stereocenters. The molecule has 4 N–H and O–H groups in total. The van der Waals surface area contributed by atoms with Gasteiger partial charge in [-0.05, 0) is 89.4 Å². The highest BCUT2D eigenvalue weighted by molar-refractivity contribution is 6.03. The fourth-order valence-corrected chi connectivity index (χ4v) is 5.51. The molecule has 5 amide bonds. The Morgan fingerprint density at radius 1 is 1.08 bits per heavy atom. The van der Waals surface area contributed by atoms with Gasteiger partial charge in [0.1, 0.15) is 22.9 Å². The molecule has 2 heterocycles. The number of urea groups is 2. The van der Waals surface area contributed by atoms with Crippen molar-refractivity contribution in [2.45, 2.75) is 72.1 Å². The molecule has 4 rings (SSSR count). The fourth-order valence-electron chi connectivity index (χ4n) is 5.51. The van der Waals surface area contributed by atoms with E-state index < -0.39 is 35.9 Å². The SMILES string of the molecule is Cc1noc(C)c1NC(=O)Nc1ccc2c(c1)C(=O)N([C@@H](C)CO)C[C@H](C)[C@@H](CN(C)C(=O)Nc1ccc(F)cc1)OCCCC[C@@H](C)O2. The van der Waals surface area contributed by atoms with Gasteiger partial charge in [0, 0.05) is 44.0 Å². The van der Waals surface area contributed by atoms with E-state index in [2.05, 4.69) is 21.1 Å². The van der Waals surface area contributed by atoms with Crippen molar-refractivity contribution < 1.29 is 37.9 Å². The monoisotopic (exact) mass is 682 g/mol. The van der Waals surface area contributed by atoms with Crippen LogP contribution in [0.15, 0.2) is 47.0 Å². The number of fused-ring (bicyclic) bond motifs is 1. The van der Waals surface area contributed by atoms with Gasteiger partial charge in [-0.25, -0.2) is 14.0 Å². The van der Waals surface area contributed by atoms with Crippen molar-refractivity contribution >= 4 is 35.0 Å². The lowest BCUT2D eigenvalue weighted by Crippen LogP contribution is -2.48. The number of hydrogen-bond acceptors (Lipinski definition) is 8. The highest BCUT2D eigenvalue weighted by Gasteiger charge is 2.31. The lowest BCUT2D eigenvalue weighted by molar-refractivity contribution is -0.0115. The van der Waals surface area contributed by atoms with Crippen LogP contribution in [0, 0.1) is 25.6 Å². The predicted octanol–water partition coefficient (Wildman–Crippen LogP) is 6.03. The first kappa shape index (κ1) is 37.1. The first-order chi connectivity index (χ1) is 23.4. The molecule has 1 aromatic heterocycles. The molecule has 13 nitrogen and oxygen atoms in total. The topological polar surface area (TPSA) is 158 Å². The summed E-state index contributed by atoms with van der Waals surface area (Å²) < 4.78 is 31.1. The summed E-state index contributed by atoms with van der Waals surface area (Å²) in [5.74, 6) is -0.256. The summed E-state index contributed by atoms with van der Waals surface area (Å²) in [5, 5.41) is 22.3. The van der Waals surface area contributed by atoms with Crippen molar-refractivity contribution in [2.75, 3.05) is 49.3 Å². The number of aliphatic hydroxyl groups excluding tert-OH is 1. The second kappa shape index (κ2) is 17.1. The largest absolute Gasteiger partial charge is 0.490 e. The van der Waals surface area contributed by atoms with E-state index in [4.69, 9.17) is 14.0 Å². The Hall–Kier alpha value is -4.69. The van der Waals surface area contributed by atoms with Gasteiger partial charge in [0.25, 0.3) is 5.91 Å². The molecular formula is C35H47FN6O7. The van der Waals surface area contributed by atoms with E-state index in [0.29, 0.717) is 47.3 Å². The van der Waals surface area contributed by atoms with E-state index in [9.17, 15) is 23.9 Å². The van der Waals surface area contributed by atoms with Crippen LogP contribution in [0.1, 0.15) is 61.8 Å². The number of aromatic nitrogens is 1. The van der Waals surface area contributed by atoms with E-state index >= 15 is 0 Å². The molecule has 1 aliphatic rings. The molecule has 14 heteroatoms. The smallest absolute Gasteiger partial charge is 0.323 e. The lowest BCUT2D eigenvalue weighted by Gasteiger charge is -2.35. The maximum Gasteiger partial charge on any atom is 0.323 e. The number of likely N-dealkylation sites (N-methyl/N-ethyl adjacent to an activating group) is 1. The molecule has 0 saturated carbocycles. The van der Waals surface area contributed by atoms with Gasteiger partial charge in [0.05, 0.1) is 30.4 Å². The van der Waals surface area contributed by atoms with Crippen LogP contribution in [0.5, 0.6) is 5.75 Å². The number of nitrogens with one attached hydrogen (secondary N) is 3. The van der Waals surface area contributed by atoms with Gasteiger partial charge >= 0.3 is 12.1 Å². The second-order valence-corrected chi connectivity index (χ2v) is 12.6. The minimum Gasteiger partial charge on any atom is -0.490 e. The van der Waals surface area contributed by atoms with Crippen LogP contribution in [-0.2, 0) is 4.74 Å². The van der Waals surface area contributed by atoms with E-state index in [0.717, 1.165) is 12.8 Å². The molecule has 1 aliphatic heterocycles. The summed E-state index contributed by atoms with van der Waals surface area (Å²) >= 11 is 0. The van der Waals surface area contributed by atoms with Crippen molar-refractivity contribution in [2.24, 2.45) is 5.92 Å². The third kappa shape index (κ3) is 10.2. The van der Waals surface area contributed by atoms with Gasteiger partial charge in [0.15, 0.2) is 5.76 Å². The van der Waals surface area contributed by atoms with Gasteiger partial charge in [-0.1, -0.05) is 12.1 Å². The summed E-state index contributed by atoms with van der Waals surface area (Å²) in [7, 11) is 1.64. The van der Waals surface area contributed by atoms with Gasteiger partial charge in [0.2, 0.25) is 0 Å². The number of nitrogens with zero attached hydrogens (tertiary/aromatic N) is 3. The molecule has 0 bridgehead atoms. The van der Waals surface area contributed by atoms with Gasteiger partial charge < -0.3 is 44.9 Å². The van der Waals surface area contributed by atoms with Crippen LogP contribution in [-0.4, -0.2) is 89.6 Å². The number of aryl methyl sites for hydroxylation is 2. The third-order valence-corrected chi connectivity index (χ3v) is 8.48. The van der Waals surface area contributed by atoms with Crippen LogP contribution in [0.3, 0.4) is 0 Å². The van der Waals surface area contributed by atoms with Crippen molar-refractivity contribution in [3.63, 3.8) is 0 Å². The van der Waals surface area contributed by atoms with Crippen LogP contribution in [0.25, 0.3) is 0 Å². The number of ether oxygens (including phenoxy) is 2. The van der Waals surface area contributed by atoms with Crippen LogP contribution in [0.4, 0.5) is 31.0 Å². The Morgan fingerprint density at radius 2 is 1.80 bits per heavy atom. The minimum absolute atomic E-state index is 0.192. The van der Waals surface area contributed by atoms with Crippen LogP contribution < -0.4 is 20.7 Å². The minimum atomic E-state index is -0.576. The zero-order chi connectivity index (χ0) is 35.7. The second-order valence-electron chi connectivity index (χ2n) is 12.6. The zero-order valence-corrected chi connectivity index (χ0v) is 28.9. The first-order valence-corrected chi connectivity index (χ1v) is 16.5. The Kier molecular flexibility index (Phi) is 13.0. The number of hydrogen-bond donors (Lipinski definition) is 4. The molecule has 0 spiro atoms. The Morgan fingerprint density at radius 3 is 2.47 bits per heavy atom. The Labute approximate surface area is 286 Å². The van der Waals surface area contributed by atoms with E-state index in [1.54, 1.807) is 50.9 Å².